The van der Waals surface area contributed by atoms with E-state index in [2.05, 4.69) is 12.2 Å². The van der Waals surface area contributed by atoms with Gasteiger partial charge >= 0.3 is 5.97 Å². The summed E-state index contributed by atoms with van der Waals surface area (Å²) in [6.07, 6.45) is 3.16. The molecule has 2 aromatic rings. The number of carbonyl (C=O) groups excluding carboxylic acids is 1. The second-order valence-corrected chi connectivity index (χ2v) is 7.97. The quantitative estimate of drug-likeness (QED) is 0.684. The Kier molecular flexibility index (Phi) is 6.98. The third kappa shape index (κ3) is 5.12. The Balaban J connectivity index is 1.71. The Morgan fingerprint density at radius 3 is 2.43 bits per heavy atom. The summed E-state index contributed by atoms with van der Waals surface area (Å²) in [4.78, 5) is 24.8. The smallest absolute Gasteiger partial charge is 0.329 e. The molecule has 0 saturated heterocycles. The summed E-state index contributed by atoms with van der Waals surface area (Å²) in [7, 11) is 1.54. The first-order valence-electron chi connectivity index (χ1n) is 10.3. The SMILES string of the molecule is COc1ccc(C(=O)N[C@]2(C(=O)O)CC[C@H](C)CC2)cc1OCCc1ccccc1. The van der Waals surface area contributed by atoms with Crippen LogP contribution in [0.3, 0.4) is 0 Å². The van der Waals surface area contributed by atoms with E-state index in [1.54, 1.807) is 25.3 Å². The van der Waals surface area contributed by atoms with E-state index in [0.29, 0.717) is 42.4 Å². The number of methoxy groups -OCH3 is 1. The molecule has 3 rings (SSSR count). The van der Waals surface area contributed by atoms with Crippen LogP contribution < -0.4 is 14.8 Å². The highest BCUT2D eigenvalue weighted by molar-refractivity contribution is 5.98. The number of carboxylic acid groups (broad SMARTS) is 1. The van der Waals surface area contributed by atoms with Gasteiger partial charge in [-0.1, -0.05) is 37.3 Å². The fourth-order valence-electron chi connectivity index (χ4n) is 3.79. The van der Waals surface area contributed by atoms with E-state index in [4.69, 9.17) is 9.47 Å². The molecule has 2 aromatic carbocycles. The van der Waals surface area contributed by atoms with Gasteiger partial charge in [-0.05, 0) is 55.4 Å². The molecule has 30 heavy (non-hydrogen) atoms. The lowest BCUT2D eigenvalue weighted by Gasteiger charge is -2.36. The van der Waals surface area contributed by atoms with Crippen LogP contribution in [-0.4, -0.2) is 36.2 Å². The molecular formula is C24H29NO5. The summed E-state index contributed by atoms with van der Waals surface area (Å²) in [5.74, 6) is 0.0693. The third-order valence-corrected chi connectivity index (χ3v) is 5.81. The third-order valence-electron chi connectivity index (χ3n) is 5.81. The van der Waals surface area contributed by atoms with Crippen LogP contribution in [0.25, 0.3) is 0 Å². The first-order valence-corrected chi connectivity index (χ1v) is 10.3. The maximum Gasteiger partial charge on any atom is 0.329 e. The summed E-state index contributed by atoms with van der Waals surface area (Å²) in [6.45, 7) is 2.54. The largest absolute Gasteiger partial charge is 0.493 e. The van der Waals surface area contributed by atoms with Crippen molar-refractivity contribution in [3.05, 3.63) is 59.7 Å². The van der Waals surface area contributed by atoms with Crippen molar-refractivity contribution >= 4 is 11.9 Å². The van der Waals surface area contributed by atoms with E-state index in [1.807, 2.05) is 30.3 Å². The second kappa shape index (κ2) is 9.65. The van der Waals surface area contributed by atoms with Crippen LogP contribution in [0.15, 0.2) is 48.5 Å². The molecule has 160 valence electrons. The number of hydrogen-bond acceptors (Lipinski definition) is 4. The van der Waals surface area contributed by atoms with Crippen molar-refractivity contribution in [3.8, 4) is 11.5 Å². The molecule has 0 radical (unpaired) electrons. The minimum atomic E-state index is -1.21. The van der Waals surface area contributed by atoms with Gasteiger partial charge in [0.15, 0.2) is 11.5 Å². The molecule has 1 saturated carbocycles. The molecular weight excluding hydrogens is 382 g/mol. The highest BCUT2D eigenvalue weighted by Gasteiger charge is 2.42. The van der Waals surface area contributed by atoms with Gasteiger partial charge in [-0.15, -0.1) is 0 Å². The van der Waals surface area contributed by atoms with Crippen molar-refractivity contribution in [1.82, 2.24) is 5.32 Å². The van der Waals surface area contributed by atoms with Gasteiger partial charge in [-0.3, -0.25) is 4.79 Å². The van der Waals surface area contributed by atoms with E-state index >= 15 is 0 Å². The maximum absolute atomic E-state index is 12.9. The van der Waals surface area contributed by atoms with E-state index in [-0.39, 0.29) is 0 Å². The van der Waals surface area contributed by atoms with Crippen molar-refractivity contribution < 1.29 is 24.2 Å². The van der Waals surface area contributed by atoms with E-state index < -0.39 is 17.4 Å². The summed E-state index contributed by atoms with van der Waals surface area (Å²) in [5.41, 5.74) is 0.294. The van der Waals surface area contributed by atoms with Gasteiger partial charge in [0.2, 0.25) is 0 Å². The Morgan fingerprint density at radius 2 is 1.80 bits per heavy atom. The molecule has 2 N–H and O–H groups in total. The van der Waals surface area contributed by atoms with Crippen LogP contribution in [0.1, 0.15) is 48.5 Å². The lowest BCUT2D eigenvalue weighted by atomic mass is 9.77. The summed E-state index contributed by atoms with van der Waals surface area (Å²) < 4.78 is 11.2. The zero-order chi connectivity index (χ0) is 21.6. The average Bonchev–Trinajstić information content (AvgIpc) is 2.76. The normalized spacial score (nSPS) is 20.9. The predicted octanol–water partition coefficient (Wildman–Crippen LogP) is 4.08. The number of carbonyl (C=O) groups is 2. The minimum Gasteiger partial charge on any atom is -0.493 e. The van der Waals surface area contributed by atoms with Crippen LogP contribution in [0.4, 0.5) is 0 Å². The number of benzene rings is 2. The second-order valence-electron chi connectivity index (χ2n) is 7.97. The molecule has 0 bridgehead atoms. The van der Waals surface area contributed by atoms with Gasteiger partial charge in [0.1, 0.15) is 5.54 Å². The molecule has 0 atom stereocenters. The number of rotatable bonds is 8. The zero-order valence-electron chi connectivity index (χ0n) is 17.5. The van der Waals surface area contributed by atoms with Crippen LogP contribution in [0.5, 0.6) is 11.5 Å². The Bertz CT molecular complexity index is 872. The molecule has 6 heteroatoms. The number of aliphatic carboxylic acids is 1. The van der Waals surface area contributed by atoms with Gasteiger partial charge in [-0.2, -0.15) is 0 Å². The van der Waals surface area contributed by atoms with Gasteiger partial charge < -0.3 is 19.9 Å². The van der Waals surface area contributed by atoms with Crippen LogP contribution in [-0.2, 0) is 11.2 Å². The lowest BCUT2D eigenvalue weighted by molar-refractivity contribution is -0.146. The number of ether oxygens (including phenoxy) is 2. The summed E-state index contributed by atoms with van der Waals surface area (Å²) in [6, 6.07) is 14.9. The average molecular weight is 411 g/mol. The van der Waals surface area contributed by atoms with Crippen molar-refractivity contribution in [2.45, 2.75) is 44.6 Å². The zero-order valence-corrected chi connectivity index (χ0v) is 17.5. The Labute approximate surface area is 177 Å². The predicted molar refractivity (Wildman–Crippen MR) is 114 cm³/mol. The molecule has 6 nitrogen and oxygen atoms in total. The van der Waals surface area contributed by atoms with Crippen molar-refractivity contribution in [2.24, 2.45) is 5.92 Å². The topological polar surface area (TPSA) is 84.9 Å². The van der Waals surface area contributed by atoms with Gasteiger partial charge in [0, 0.05) is 12.0 Å². The van der Waals surface area contributed by atoms with Gasteiger partial charge in [0.05, 0.1) is 13.7 Å². The maximum atomic E-state index is 12.9. The highest BCUT2D eigenvalue weighted by atomic mass is 16.5. The molecule has 0 spiro atoms. The Morgan fingerprint density at radius 1 is 1.10 bits per heavy atom. The monoisotopic (exact) mass is 411 g/mol. The summed E-state index contributed by atoms with van der Waals surface area (Å²) >= 11 is 0. The van der Waals surface area contributed by atoms with Crippen LogP contribution >= 0.6 is 0 Å². The van der Waals surface area contributed by atoms with Crippen LogP contribution in [0, 0.1) is 5.92 Å². The molecule has 1 aliphatic rings. The van der Waals surface area contributed by atoms with Crippen LogP contribution in [0.2, 0.25) is 0 Å². The number of hydrogen-bond donors (Lipinski definition) is 2. The van der Waals surface area contributed by atoms with Crippen molar-refractivity contribution in [2.75, 3.05) is 13.7 Å². The first kappa shape index (κ1) is 21.7. The fraction of sp³-hybridized carbons (Fsp3) is 0.417. The first-order chi connectivity index (χ1) is 14.4. The van der Waals surface area contributed by atoms with E-state index in [1.165, 1.54) is 0 Å². The summed E-state index contributed by atoms with van der Waals surface area (Å²) in [5, 5.41) is 12.6. The molecule has 0 aromatic heterocycles. The lowest BCUT2D eigenvalue weighted by Crippen LogP contribution is -2.56. The molecule has 1 aliphatic carbocycles. The van der Waals surface area contributed by atoms with Crippen molar-refractivity contribution in [1.29, 1.82) is 0 Å². The number of amides is 1. The number of carboxylic acids is 1. The van der Waals surface area contributed by atoms with Crippen molar-refractivity contribution in [3.63, 3.8) is 0 Å². The molecule has 0 unspecified atom stereocenters. The standard InChI is InChI=1S/C24H29NO5/c1-17-10-13-24(14-11-17,23(27)28)25-22(26)19-8-9-20(29-2)21(16-19)30-15-12-18-6-4-3-5-7-18/h3-9,16-17H,10-15H2,1-2H3,(H,25,26)(H,27,28)/t17-,24+. The number of nitrogens with one attached hydrogen (secondary N) is 1. The van der Waals surface area contributed by atoms with Gasteiger partial charge in [0.25, 0.3) is 5.91 Å². The fourth-order valence-corrected chi connectivity index (χ4v) is 3.79. The van der Waals surface area contributed by atoms with E-state index in [9.17, 15) is 14.7 Å². The van der Waals surface area contributed by atoms with E-state index in [0.717, 1.165) is 24.8 Å². The van der Waals surface area contributed by atoms with Gasteiger partial charge in [-0.25, -0.2) is 4.79 Å². The molecule has 1 fully saturated rings. The molecule has 1 amide bonds. The Hall–Kier alpha value is -3.02. The molecule has 0 heterocycles. The highest BCUT2D eigenvalue weighted by Crippen LogP contribution is 2.33. The molecule has 0 aliphatic heterocycles. The minimum absolute atomic E-state index is 0.352.